The summed E-state index contributed by atoms with van der Waals surface area (Å²) in [5.74, 6) is 0.496. The van der Waals surface area contributed by atoms with Crippen LogP contribution in [0.5, 0.6) is 0 Å². The molecule has 1 amide bonds. The van der Waals surface area contributed by atoms with Gasteiger partial charge >= 0.3 is 0 Å². The van der Waals surface area contributed by atoms with Gasteiger partial charge < -0.3 is 10.0 Å². The fourth-order valence-corrected chi connectivity index (χ4v) is 3.46. The quantitative estimate of drug-likeness (QED) is 0.788. The van der Waals surface area contributed by atoms with Crippen LogP contribution in [0.2, 0.25) is 0 Å². The number of fused-ring (bicyclic) bond motifs is 1. The van der Waals surface area contributed by atoms with Crippen molar-refractivity contribution in [2.75, 3.05) is 19.0 Å². The Morgan fingerprint density at radius 1 is 1.53 bits per heavy atom. The fraction of sp³-hybridized carbons (Fsp3) is 0.923. The fourth-order valence-electron chi connectivity index (χ4n) is 3.35. The molecule has 0 aromatic rings. The number of aliphatic hydroxyl groups excluding tert-OH is 1. The molecule has 4 heteroatoms. The zero-order chi connectivity index (χ0) is 12.7. The number of hydrogen-bond donors (Lipinski definition) is 1. The minimum Gasteiger partial charge on any atom is -0.396 e. The molecule has 0 aromatic heterocycles. The summed E-state index contributed by atoms with van der Waals surface area (Å²) in [4.78, 5) is 14.4. The normalized spacial score (nSPS) is 32.9. The average molecular weight is 260 g/mol. The van der Waals surface area contributed by atoms with Crippen LogP contribution in [0.15, 0.2) is 0 Å². The Morgan fingerprint density at radius 2 is 2.24 bits per heavy atom. The third-order valence-electron chi connectivity index (χ3n) is 4.57. The number of aliphatic hydroxyl groups is 1. The van der Waals surface area contributed by atoms with E-state index < -0.39 is 5.41 Å². The van der Waals surface area contributed by atoms with Crippen molar-refractivity contribution < 1.29 is 9.90 Å². The van der Waals surface area contributed by atoms with Crippen molar-refractivity contribution in [1.29, 1.82) is 0 Å². The molecule has 1 N–H and O–H groups in total. The van der Waals surface area contributed by atoms with E-state index in [9.17, 15) is 9.90 Å². The first-order chi connectivity index (χ1) is 7.97. The topological polar surface area (TPSA) is 40.5 Å². The maximum Gasteiger partial charge on any atom is 0.229 e. The molecule has 0 aromatic carbocycles. The van der Waals surface area contributed by atoms with Gasteiger partial charge in [0.05, 0.1) is 12.0 Å². The van der Waals surface area contributed by atoms with Crippen molar-refractivity contribution in [2.45, 2.75) is 45.6 Å². The van der Waals surface area contributed by atoms with E-state index in [0.717, 1.165) is 32.2 Å². The Bertz CT molecular complexity index is 319. The summed E-state index contributed by atoms with van der Waals surface area (Å²) in [5.41, 5.74) is -0.506. The van der Waals surface area contributed by atoms with Crippen LogP contribution in [0.4, 0.5) is 0 Å². The van der Waals surface area contributed by atoms with Crippen LogP contribution < -0.4 is 0 Å². The van der Waals surface area contributed by atoms with Crippen LogP contribution in [0, 0.1) is 10.8 Å². The summed E-state index contributed by atoms with van der Waals surface area (Å²) in [5, 5.41) is 9.62. The lowest BCUT2D eigenvalue weighted by Crippen LogP contribution is -2.47. The van der Waals surface area contributed by atoms with Gasteiger partial charge in [0, 0.05) is 23.9 Å². The first-order valence-electron chi connectivity index (χ1n) is 6.45. The number of hydrogen-bond acceptors (Lipinski definition) is 2. The highest BCUT2D eigenvalue weighted by Crippen LogP contribution is 2.49. The van der Waals surface area contributed by atoms with Crippen LogP contribution in [-0.2, 0) is 4.79 Å². The Balaban J connectivity index is 2.17. The third-order valence-corrected chi connectivity index (χ3v) is 5.24. The summed E-state index contributed by atoms with van der Waals surface area (Å²) in [6, 6.07) is 0.238. The maximum absolute atomic E-state index is 12.5. The molecule has 1 aliphatic carbocycles. The Morgan fingerprint density at radius 3 is 2.82 bits per heavy atom. The van der Waals surface area contributed by atoms with E-state index in [1.807, 2.05) is 18.7 Å². The zero-order valence-corrected chi connectivity index (χ0v) is 11.5. The second-order valence-electron chi connectivity index (χ2n) is 6.19. The van der Waals surface area contributed by atoms with E-state index in [0.29, 0.717) is 5.88 Å². The van der Waals surface area contributed by atoms with Crippen molar-refractivity contribution >= 4 is 17.5 Å². The highest BCUT2D eigenvalue weighted by molar-refractivity contribution is 6.19. The molecule has 1 aliphatic heterocycles. The molecule has 17 heavy (non-hydrogen) atoms. The second-order valence-corrected chi connectivity index (χ2v) is 6.46. The van der Waals surface area contributed by atoms with Crippen molar-refractivity contribution in [3.63, 3.8) is 0 Å². The van der Waals surface area contributed by atoms with Crippen LogP contribution in [0.3, 0.4) is 0 Å². The number of carbonyl (C=O) groups is 1. The average Bonchev–Trinajstić information content (AvgIpc) is 2.86. The van der Waals surface area contributed by atoms with Gasteiger partial charge in [-0.1, -0.05) is 6.42 Å². The lowest BCUT2D eigenvalue weighted by atomic mass is 9.83. The monoisotopic (exact) mass is 259 g/mol. The first-order valence-corrected chi connectivity index (χ1v) is 6.98. The summed E-state index contributed by atoms with van der Waals surface area (Å²) >= 11 is 5.88. The molecule has 2 atom stereocenters. The van der Waals surface area contributed by atoms with Gasteiger partial charge in [0.15, 0.2) is 0 Å². The Hall–Kier alpha value is -0.280. The molecule has 2 unspecified atom stereocenters. The summed E-state index contributed by atoms with van der Waals surface area (Å²) in [7, 11) is 0. The van der Waals surface area contributed by atoms with Gasteiger partial charge in [-0.15, -0.1) is 11.6 Å². The molecule has 0 radical (unpaired) electrons. The van der Waals surface area contributed by atoms with Gasteiger partial charge in [0.1, 0.15) is 0 Å². The molecule has 1 saturated heterocycles. The van der Waals surface area contributed by atoms with Crippen LogP contribution in [0.1, 0.15) is 39.5 Å². The highest BCUT2D eigenvalue weighted by atomic mass is 35.5. The van der Waals surface area contributed by atoms with E-state index in [1.54, 1.807) is 0 Å². The third kappa shape index (κ3) is 1.97. The molecule has 0 bridgehead atoms. The molecule has 2 fully saturated rings. The number of alkyl halides is 1. The van der Waals surface area contributed by atoms with Crippen LogP contribution in [-0.4, -0.2) is 41.0 Å². The largest absolute Gasteiger partial charge is 0.396 e. The Kier molecular flexibility index (Phi) is 3.43. The van der Waals surface area contributed by atoms with E-state index in [4.69, 9.17) is 11.6 Å². The van der Waals surface area contributed by atoms with E-state index in [1.165, 1.54) is 0 Å². The predicted molar refractivity (Wildman–Crippen MR) is 68.0 cm³/mol. The number of amides is 1. The predicted octanol–water partition coefficient (Wildman–Crippen LogP) is 2.01. The lowest BCUT2D eigenvalue weighted by Gasteiger charge is -2.34. The molecule has 3 nitrogen and oxygen atoms in total. The summed E-state index contributed by atoms with van der Waals surface area (Å²) in [6.45, 7) is 4.79. The van der Waals surface area contributed by atoms with Gasteiger partial charge in [-0.25, -0.2) is 0 Å². The molecule has 1 heterocycles. The number of likely N-dealkylation sites (tertiary alicyclic amines) is 1. The molecule has 98 valence electrons. The number of nitrogens with zero attached hydrogens (tertiary/aromatic N) is 1. The number of carbonyl (C=O) groups excluding carboxylic acids is 1. The highest BCUT2D eigenvalue weighted by Gasteiger charge is 2.52. The maximum atomic E-state index is 12.5. The summed E-state index contributed by atoms with van der Waals surface area (Å²) < 4.78 is 0. The van der Waals surface area contributed by atoms with Crippen LogP contribution >= 0.6 is 11.6 Å². The lowest BCUT2D eigenvalue weighted by molar-refractivity contribution is -0.141. The van der Waals surface area contributed by atoms with Gasteiger partial charge in [-0.05, 0) is 33.1 Å². The SMILES string of the molecule is CC(C)(CCl)C(=O)N1CCC2(CO)CCCC12. The standard InChI is InChI=1S/C13H22ClNO2/c1-12(2,8-14)11(17)15-7-6-13(9-16)5-3-4-10(13)15/h10,16H,3-9H2,1-2H3. The zero-order valence-electron chi connectivity index (χ0n) is 10.7. The minimum atomic E-state index is -0.490. The minimum absolute atomic E-state index is 0.0158. The van der Waals surface area contributed by atoms with Crippen LogP contribution in [0.25, 0.3) is 0 Å². The van der Waals surface area contributed by atoms with Crippen molar-refractivity contribution in [2.24, 2.45) is 10.8 Å². The molecule has 0 spiro atoms. The molecule has 1 saturated carbocycles. The molecular weight excluding hydrogens is 238 g/mol. The van der Waals surface area contributed by atoms with E-state index in [2.05, 4.69) is 0 Å². The summed E-state index contributed by atoms with van der Waals surface area (Å²) in [6.07, 6.45) is 4.15. The van der Waals surface area contributed by atoms with Gasteiger partial charge in [-0.3, -0.25) is 4.79 Å². The second kappa shape index (κ2) is 4.43. The molecule has 2 rings (SSSR count). The van der Waals surface area contributed by atoms with Gasteiger partial charge in [0.25, 0.3) is 0 Å². The van der Waals surface area contributed by atoms with Crippen molar-refractivity contribution in [3.05, 3.63) is 0 Å². The smallest absolute Gasteiger partial charge is 0.229 e. The molecular formula is C13H22ClNO2. The Labute approximate surface area is 108 Å². The molecule has 2 aliphatic rings. The van der Waals surface area contributed by atoms with Gasteiger partial charge in [-0.2, -0.15) is 0 Å². The van der Waals surface area contributed by atoms with E-state index in [-0.39, 0.29) is 24.0 Å². The van der Waals surface area contributed by atoms with Crippen molar-refractivity contribution in [3.8, 4) is 0 Å². The van der Waals surface area contributed by atoms with Crippen molar-refractivity contribution in [1.82, 2.24) is 4.90 Å². The first kappa shape index (κ1) is 13.2. The van der Waals surface area contributed by atoms with Gasteiger partial charge in [0.2, 0.25) is 5.91 Å². The number of halogens is 1. The number of rotatable bonds is 3. The van der Waals surface area contributed by atoms with E-state index >= 15 is 0 Å².